The van der Waals surface area contributed by atoms with Crippen LogP contribution in [0.2, 0.25) is 5.28 Å². The molecule has 1 aromatic carbocycles. The van der Waals surface area contributed by atoms with Crippen LogP contribution in [0.3, 0.4) is 0 Å². The number of benzene rings is 1. The molecule has 0 amide bonds. The van der Waals surface area contributed by atoms with Gasteiger partial charge in [0.1, 0.15) is 22.7 Å². The number of fused-ring (bicyclic) bond motifs is 3. The fourth-order valence-electron chi connectivity index (χ4n) is 3.10. The topological polar surface area (TPSA) is 44.8 Å². The van der Waals surface area contributed by atoms with Crippen LogP contribution in [0.5, 0.6) is 0 Å². The lowest BCUT2D eigenvalue weighted by atomic mass is 10.1. The Balaban J connectivity index is 2.03. The molecule has 0 saturated carbocycles. The van der Waals surface area contributed by atoms with Gasteiger partial charge < -0.3 is 9.88 Å². The zero-order chi connectivity index (χ0) is 15.3. The number of rotatable bonds is 1. The fraction of sp³-hybridized carbons (Fsp3) is 0.333. The van der Waals surface area contributed by atoms with E-state index in [1.165, 1.54) is 12.5 Å². The SMILES string of the molecule is Fc1cc(F)c2c(c1)[nH]c1c(N3CCCCC3)nc(Cl)nc12. The lowest BCUT2D eigenvalue weighted by Crippen LogP contribution is -2.30. The number of hydrogen-bond donors (Lipinski definition) is 1. The highest BCUT2D eigenvalue weighted by atomic mass is 35.5. The molecule has 0 bridgehead atoms. The first-order valence-corrected chi connectivity index (χ1v) is 7.60. The van der Waals surface area contributed by atoms with Gasteiger partial charge in [-0.2, -0.15) is 4.98 Å². The van der Waals surface area contributed by atoms with Crippen LogP contribution in [-0.2, 0) is 0 Å². The van der Waals surface area contributed by atoms with Gasteiger partial charge in [-0.25, -0.2) is 13.8 Å². The van der Waals surface area contributed by atoms with Crippen molar-refractivity contribution in [3.05, 3.63) is 29.1 Å². The summed E-state index contributed by atoms with van der Waals surface area (Å²) in [5.74, 6) is -0.624. The van der Waals surface area contributed by atoms with Crippen LogP contribution in [0.1, 0.15) is 19.3 Å². The molecule has 2 aromatic heterocycles. The van der Waals surface area contributed by atoms with Crippen LogP contribution in [0.4, 0.5) is 14.6 Å². The molecule has 0 atom stereocenters. The monoisotopic (exact) mass is 322 g/mol. The molecule has 1 fully saturated rings. The molecule has 0 radical (unpaired) electrons. The van der Waals surface area contributed by atoms with E-state index < -0.39 is 11.6 Å². The van der Waals surface area contributed by atoms with Gasteiger partial charge in [-0.3, -0.25) is 0 Å². The molecule has 22 heavy (non-hydrogen) atoms. The Morgan fingerprint density at radius 1 is 1.09 bits per heavy atom. The predicted molar refractivity (Wildman–Crippen MR) is 82.4 cm³/mol. The maximum absolute atomic E-state index is 14.1. The van der Waals surface area contributed by atoms with Crippen LogP contribution < -0.4 is 4.90 Å². The third-order valence-electron chi connectivity index (χ3n) is 4.07. The van der Waals surface area contributed by atoms with Gasteiger partial charge in [0.05, 0.1) is 10.9 Å². The third kappa shape index (κ3) is 2.09. The largest absolute Gasteiger partial charge is 0.355 e. The summed E-state index contributed by atoms with van der Waals surface area (Å²) >= 11 is 6.02. The molecule has 7 heteroatoms. The quantitative estimate of drug-likeness (QED) is 0.688. The van der Waals surface area contributed by atoms with E-state index in [1.54, 1.807) is 0 Å². The Hall–Kier alpha value is -1.95. The highest BCUT2D eigenvalue weighted by Gasteiger charge is 2.21. The average molecular weight is 323 g/mol. The number of H-pyrrole nitrogens is 1. The molecule has 3 aromatic rings. The van der Waals surface area contributed by atoms with Crippen molar-refractivity contribution >= 4 is 39.4 Å². The third-order valence-corrected chi connectivity index (χ3v) is 4.24. The highest BCUT2D eigenvalue weighted by Crippen LogP contribution is 2.33. The number of halogens is 3. The summed E-state index contributed by atoms with van der Waals surface area (Å²) < 4.78 is 27.6. The first-order chi connectivity index (χ1) is 10.6. The fourth-order valence-corrected chi connectivity index (χ4v) is 3.26. The predicted octanol–water partition coefficient (Wildman–Crippen LogP) is 4.03. The van der Waals surface area contributed by atoms with Crippen LogP contribution in [0.15, 0.2) is 12.1 Å². The van der Waals surface area contributed by atoms with Gasteiger partial charge in [-0.1, -0.05) is 0 Å². The molecule has 0 aliphatic carbocycles. The van der Waals surface area contributed by atoms with Crippen LogP contribution in [-0.4, -0.2) is 28.0 Å². The van der Waals surface area contributed by atoms with Crippen molar-refractivity contribution in [1.82, 2.24) is 15.0 Å². The Bertz CT molecular complexity index is 871. The van der Waals surface area contributed by atoms with Gasteiger partial charge in [0.2, 0.25) is 5.28 Å². The number of nitrogens with one attached hydrogen (secondary N) is 1. The van der Waals surface area contributed by atoms with Crippen molar-refractivity contribution < 1.29 is 8.78 Å². The number of nitrogens with zero attached hydrogens (tertiary/aromatic N) is 3. The summed E-state index contributed by atoms with van der Waals surface area (Å²) in [6.07, 6.45) is 3.34. The van der Waals surface area contributed by atoms with Gasteiger partial charge in [-0.15, -0.1) is 0 Å². The second kappa shape index (κ2) is 5.05. The molecule has 1 aliphatic rings. The first kappa shape index (κ1) is 13.7. The molecule has 0 unspecified atom stereocenters. The lowest BCUT2D eigenvalue weighted by Gasteiger charge is -2.27. The Morgan fingerprint density at radius 2 is 1.86 bits per heavy atom. The smallest absolute Gasteiger partial charge is 0.225 e. The van der Waals surface area contributed by atoms with Crippen LogP contribution >= 0.6 is 11.6 Å². The summed E-state index contributed by atoms with van der Waals surface area (Å²) in [5, 5.41) is 0.316. The van der Waals surface area contributed by atoms with E-state index in [1.807, 2.05) is 0 Å². The number of aromatic nitrogens is 3. The summed E-state index contributed by atoms with van der Waals surface area (Å²) in [7, 11) is 0. The minimum Gasteiger partial charge on any atom is -0.355 e. The van der Waals surface area contributed by atoms with Gasteiger partial charge in [0.25, 0.3) is 0 Å². The van der Waals surface area contributed by atoms with Crippen molar-refractivity contribution in [2.24, 2.45) is 0 Å². The van der Waals surface area contributed by atoms with Gasteiger partial charge >= 0.3 is 0 Å². The van der Waals surface area contributed by atoms with Crippen molar-refractivity contribution in [2.45, 2.75) is 19.3 Å². The molecule has 4 rings (SSSR count). The molecule has 4 nitrogen and oxygen atoms in total. The molecule has 0 spiro atoms. The molecule has 114 valence electrons. The lowest BCUT2D eigenvalue weighted by molar-refractivity contribution is 0.574. The number of aromatic amines is 1. The van der Waals surface area contributed by atoms with Crippen molar-refractivity contribution in [3.63, 3.8) is 0 Å². The van der Waals surface area contributed by atoms with Crippen molar-refractivity contribution in [3.8, 4) is 0 Å². The number of piperidine rings is 1. The van der Waals surface area contributed by atoms with Crippen LogP contribution in [0, 0.1) is 11.6 Å². The van der Waals surface area contributed by atoms with Gasteiger partial charge in [-0.05, 0) is 36.9 Å². The van der Waals surface area contributed by atoms with E-state index in [9.17, 15) is 8.78 Å². The molecular formula is C15H13ClF2N4. The van der Waals surface area contributed by atoms with E-state index in [4.69, 9.17) is 11.6 Å². The van der Waals surface area contributed by atoms with E-state index in [0.29, 0.717) is 22.4 Å². The summed E-state index contributed by atoms with van der Waals surface area (Å²) in [4.78, 5) is 13.6. The van der Waals surface area contributed by atoms with E-state index in [2.05, 4.69) is 19.9 Å². The van der Waals surface area contributed by atoms with Gasteiger partial charge in [0, 0.05) is 19.2 Å². The Labute approximate surface area is 130 Å². The second-order valence-corrected chi connectivity index (χ2v) is 5.86. The standard InChI is InChI=1S/C15H13ClF2N4/c16-15-20-12-11-9(18)6-8(17)7-10(11)19-13(12)14(21-15)22-4-2-1-3-5-22/h6-7,19H,1-5H2. The summed E-state index contributed by atoms with van der Waals surface area (Å²) in [5.41, 5.74) is 1.36. The summed E-state index contributed by atoms with van der Waals surface area (Å²) in [6.45, 7) is 1.74. The van der Waals surface area contributed by atoms with E-state index in [0.717, 1.165) is 32.0 Å². The van der Waals surface area contributed by atoms with E-state index in [-0.39, 0.29) is 10.7 Å². The second-order valence-electron chi connectivity index (χ2n) is 5.52. The van der Waals surface area contributed by atoms with E-state index >= 15 is 0 Å². The Kier molecular flexibility index (Phi) is 3.14. The zero-order valence-electron chi connectivity index (χ0n) is 11.7. The maximum atomic E-state index is 14.1. The minimum atomic E-state index is -0.652. The molecular weight excluding hydrogens is 310 g/mol. The number of hydrogen-bond acceptors (Lipinski definition) is 3. The number of anilines is 1. The molecule has 1 saturated heterocycles. The minimum absolute atomic E-state index is 0.0673. The molecule has 3 heterocycles. The molecule has 1 aliphatic heterocycles. The normalized spacial score (nSPS) is 15.9. The average Bonchev–Trinajstić information content (AvgIpc) is 2.85. The van der Waals surface area contributed by atoms with Crippen molar-refractivity contribution in [2.75, 3.05) is 18.0 Å². The van der Waals surface area contributed by atoms with Crippen molar-refractivity contribution in [1.29, 1.82) is 0 Å². The molecule has 1 N–H and O–H groups in total. The first-order valence-electron chi connectivity index (χ1n) is 7.22. The summed E-state index contributed by atoms with van der Waals surface area (Å²) in [6, 6.07) is 2.11. The van der Waals surface area contributed by atoms with Gasteiger partial charge in [0.15, 0.2) is 5.82 Å². The maximum Gasteiger partial charge on any atom is 0.225 e. The highest BCUT2D eigenvalue weighted by molar-refractivity contribution is 6.29. The zero-order valence-corrected chi connectivity index (χ0v) is 12.4. The van der Waals surface area contributed by atoms with Crippen LogP contribution in [0.25, 0.3) is 21.9 Å². The Morgan fingerprint density at radius 3 is 2.64 bits per heavy atom.